The molecule has 3 N–H and O–H groups in total. The zero-order chi connectivity index (χ0) is 14.4. The molecular weight excluding hydrogens is 252 g/mol. The highest BCUT2D eigenvalue weighted by Crippen LogP contribution is 2.10. The number of nitrogens with one attached hydrogen (secondary N) is 1. The van der Waals surface area contributed by atoms with Crippen LogP contribution in [0.5, 0.6) is 0 Å². The van der Waals surface area contributed by atoms with Crippen LogP contribution in [0.2, 0.25) is 0 Å². The molecule has 5 nitrogen and oxygen atoms in total. The van der Waals surface area contributed by atoms with Crippen LogP contribution >= 0.6 is 0 Å². The van der Waals surface area contributed by atoms with Crippen molar-refractivity contribution in [2.75, 3.05) is 26.7 Å². The molecule has 1 saturated heterocycles. The smallest absolute Gasteiger partial charge is 0.271 e. The van der Waals surface area contributed by atoms with E-state index in [0.717, 1.165) is 25.9 Å². The number of amides is 1. The van der Waals surface area contributed by atoms with Crippen LogP contribution in [0, 0.1) is 11.8 Å². The monoisotopic (exact) mass is 272 g/mol. The van der Waals surface area contributed by atoms with Crippen molar-refractivity contribution < 1.29 is 4.79 Å². The Kier molecular flexibility index (Phi) is 5.10. The molecule has 0 aromatic carbocycles. The van der Waals surface area contributed by atoms with Gasteiger partial charge in [0.25, 0.3) is 5.91 Å². The topological polar surface area (TPSA) is 71.2 Å². The quantitative estimate of drug-likeness (QED) is 0.755. The van der Waals surface area contributed by atoms with E-state index in [1.54, 1.807) is 18.3 Å². The maximum atomic E-state index is 12.3. The zero-order valence-corrected chi connectivity index (χ0v) is 11.7. The Morgan fingerprint density at radius 3 is 3.00 bits per heavy atom. The Balaban J connectivity index is 2.05. The van der Waals surface area contributed by atoms with Crippen LogP contribution < -0.4 is 11.1 Å². The van der Waals surface area contributed by atoms with Gasteiger partial charge in [0.15, 0.2) is 0 Å². The van der Waals surface area contributed by atoms with Gasteiger partial charge in [-0.15, -0.1) is 0 Å². The second kappa shape index (κ2) is 7.04. The van der Waals surface area contributed by atoms with Crippen LogP contribution in [0.1, 0.15) is 28.9 Å². The van der Waals surface area contributed by atoms with Gasteiger partial charge in [0, 0.05) is 12.2 Å². The molecule has 1 aromatic rings. The molecule has 0 radical (unpaired) electrons. The number of nitrogens with two attached hydrogens (primary N) is 1. The van der Waals surface area contributed by atoms with Gasteiger partial charge >= 0.3 is 0 Å². The number of carbonyl (C=O) groups is 1. The van der Waals surface area contributed by atoms with Crippen molar-refractivity contribution in [3.05, 3.63) is 29.6 Å². The molecule has 1 aromatic heterocycles. The molecule has 20 heavy (non-hydrogen) atoms. The summed E-state index contributed by atoms with van der Waals surface area (Å²) in [6.45, 7) is 2.28. The number of hydrogen-bond acceptors (Lipinski definition) is 4. The number of rotatable bonds is 2. The minimum absolute atomic E-state index is 0.151. The molecule has 1 aliphatic rings. The lowest BCUT2D eigenvalue weighted by atomic mass is 10.0. The normalized spacial score (nSPS) is 16.3. The predicted octanol–water partition coefficient (Wildman–Crippen LogP) is 0.216. The summed E-state index contributed by atoms with van der Waals surface area (Å²) in [5.41, 5.74) is 6.38. The number of piperidine rings is 1. The van der Waals surface area contributed by atoms with E-state index < -0.39 is 0 Å². The van der Waals surface area contributed by atoms with Crippen LogP contribution in [0.4, 0.5) is 0 Å². The number of carbonyl (C=O) groups excluding carboxylic acids is 1. The van der Waals surface area contributed by atoms with Crippen LogP contribution in [0.3, 0.4) is 0 Å². The standard InChI is InChI=1S/C15H20N4O/c1-19-10-6-13(7-11-19)18-15(20)14-12(4-2-8-16)5-3-9-17-14/h3,5,9,13H,6-8,10-11,16H2,1H3,(H,18,20). The maximum absolute atomic E-state index is 12.3. The van der Waals surface area contributed by atoms with Gasteiger partial charge in [-0.3, -0.25) is 4.79 Å². The van der Waals surface area contributed by atoms with E-state index in [9.17, 15) is 4.79 Å². The fraction of sp³-hybridized carbons (Fsp3) is 0.467. The number of likely N-dealkylation sites (tertiary alicyclic amines) is 1. The molecule has 0 bridgehead atoms. The highest BCUT2D eigenvalue weighted by molar-refractivity contribution is 5.94. The lowest BCUT2D eigenvalue weighted by molar-refractivity contribution is 0.0911. The SMILES string of the molecule is CN1CCC(NC(=O)c2ncccc2C#CCN)CC1. The highest BCUT2D eigenvalue weighted by Gasteiger charge is 2.20. The molecule has 1 aliphatic heterocycles. The maximum Gasteiger partial charge on any atom is 0.271 e. The molecule has 106 valence electrons. The third-order valence-corrected chi connectivity index (χ3v) is 3.40. The van der Waals surface area contributed by atoms with Gasteiger partial charge in [-0.05, 0) is 45.1 Å². The van der Waals surface area contributed by atoms with Crippen LogP contribution in [0.15, 0.2) is 18.3 Å². The fourth-order valence-corrected chi connectivity index (χ4v) is 2.24. The zero-order valence-electron chi connectivity index (χ0n) is 11.7. The second-order valence-corrected chi connectivity index (χ2v) is 4.96. The first-order valence-electron chi connectivity index (χ1n) is 6.84. The van der Waals surface area contributed by atoms with E-state index in [1.807, 2.05) is 0 Å². The average molecular weight is 272 g/mol. The largest absolute Gasteiger partial charge is 0.348 e. The molecule has 1 fully saturated rings. The minimum Gasteiger partial charge on any atom is -0.348 e. The molecule has 2 heterocycles. The first-order valence-corrected chi connectivity index (χ1v) is 6.84. The van der Waals surface area contributed by atoms with Crippen molar-refractivity contribution in [1.82, 2.24) is 15.2 Å². The van der Waals surface area contributed by atoms with Crippen LogP contribution in [-0.4, -0.2) is 48.5 Å². The van der Waals surface area contributed by atoms with Crippen molar-refractivity contribution in [3.63, 3.8) is 0 Å². The molecule has 1 amide bonds. The summed E-state index contributed by atoms with van der Waals surface area (Å²) in [6.07, 6.45) is 3.55. The van der Waals surface area contributed by atoms with Crippen LogP contribution in [0.25, 0.3) is 0 Å². The molecule has 0 aliphatic carbocycles. The van der Waals surface area contributed by atoms with Crippen molar-refractivity contribution in [3.8, 4) is 11.8 Å². The number of hydrogen-bond donors (Lipinski definition) is 2. The second-order valence-electron chi connectivity index (χ2n) is 4.96. The third-order valence-electron chi connectivity index (χ3n) is 3.40. The number of aromatic nitrogens is 1. The predicted molar refractivity (Wildman–Crippen MR) is 78.2 cm³/mol. The van der Waals surface area contributed by atoms with E-state index in [-0.39, 0.29) is 18.5 Å². The Labute approximate surface area is 119 Å². The summed E-state index contributed by atoms with van der Waals surface area (Å²) in [4.78, 5) is 18.7. The van der Waals surface area contributed by atoms with E-state index in [2.05, 4.69) is 34.1 Å². The van der Waals surface area contributed by atoms with Gasteiger partial charge in [0.05, 0.1) is 12.1 Å². The molecule has 5 heteroatoms. The fourth-order valence-electron chi connectivity index (χ4n) is 2.24. The Morgan fingerprint density at radius 2 is 2.30 bits per heavy atom. The first kappa shape index (κ1) is 14.5. The van der Waals surface area contributed by atoms with E-state index >= 15 is 0 Å². The van der Waals surface area contributed by atoms with Gasteiger partial charge in [0.2, 0.25) is 0 Å². The first-order chi connectivity index (χ1) is 9.70. The minimum atomic E-state index is -0.151. The molecule has 2 rings (SSSR count). The molecule has 0 atom stereocenters. The van der Waals surface area contributed by atoms with Gasteiger partial charge < -0.3 is 16.0 Å². The molecule has 0 unspecified atom stereocenters. The van der Waals surface area contributed by atoms with Crippen molar-refractivity contribution >= 4 is 5.91 Å². The molecular formula is C15H20N4O. The van der Waals surface area contributed by atoms with Crippen LogP contribution in [-0.2, 0) is 0 Å². The highest BCUT2D eigenvalue weighted by atomic mass is 16.1. The van der Waals surface area contributed by atoms with Gasteiger partial charge in [-0.2, -0.15) is 0 Å². The van der Waals surface area contributed by atoms with E-state index in [4.69, 9.17) is 5.73 Å². The van der Waals surface area contributed by atoms with Gasteiger partial charge in [-0.25, -0.2) is 4.98 Å². The van der Waals surface area contributed by atoms with Crippen molar-refractivity contribution in [1.29, 1.82) is 0 Å². The average Bonchev–Trinajstić information content (AvgIpc) is 2.47. The summed E-state index contributed by atoms with van der Waals surface area (Å²) < 4.78 is 0. The van der Waals surface area contributed by atoms with Gasteiger partial charge in [0.1, 0.15) is 5.69 Å². The van der Waals surface area contributed by atoms with E-state index in [0.29, 0.717) is 11.3 Å². The summed E-state index contributed by atoms with van der Waals surface area (Å²) >= 11 is 0. The Hall–Kier alpha value is -1.90. The summed E-state index contributed by atoms with van der Waals surface area (Å²) in [5.74, 6) is 5.50. The number of pyridine rings is 1. The third kappa shape index (κ3) is 3.80. The summed E-state index contributed by atoms with van der Waals surface area (Å²) in [6, 6.07) is 3.78. The van der Waals surface area contributed by atoms with Crippen molar-refractivity contribution in [2.45, 2.75) is 18.9 Å². The molecule has 0 saturated carbocycles. The number of nitrogens with zero attached hydrogens (tertiary/aromatic N) is 2. The van der Waals surface area contributed by atoms with E-state index in [1.165, 1.54) is 0 Å². The van der Waals surface area contributed by atoms with Crippen molar-refractivity contribution in [2.24, 2.45) is 5.73 Å². The summed E-state index contributed by atoms with van der Waals surface area (Å²) in [7, 11) is 2.09. The Bertz CT molecular complexity index is 524. The lowest BCUT2D eigenvalue weighted by Gasteiger charge is -2.29. The Morgan fingerprint density at radius 1 is 1.55 bits per heavy atom. The molecule has 0 spiro atoms. The summed E-state index contributed by atoms with van der Waals surface area (Å²) in [5, 5.41) is 3.05. The lowest BCUT2D eigenvalue weighted by Crippen LogP contribution is -2.43. The van der Waals surface area contributed by atoms with Gasteiger partial charge in [-0.1, -0.05) is 11.8 Å².